The Labute approximate surface area is 190 Å². The first-order valence-corrected chi connectivity index (χ1v) is 11.7. The molecule has 1 N–H and O–H groups in total. The van der Waals surface area contributed by atoms with E-state index in [2.05, 4.69) is 61.1 Å². The fourth-order valence-corrected chi connectivity index (χ4v) is 5.00. The maximum atomic E-state index is 13.3. The van der Waals surface area contributed by atoms with Crippen LogP contribution in [0.3, 0.4) is 0 Å². The SMILES string of the molecule is Cc1ccc(C2CCN(C(=O)c3ccc(C)c(-c4nc5c([nH]4)CN(C)CC5)c3)CC2)cc1. The Kier molecular flexibility index (Phi) is 5.60. The second-order valence-electron chi connectivity index (χ2n) is 9.51. The van der Waals surface area contributed by atoms with Crippen molar-refractivity contribution in [2.24, 2.45) is 0 Å². The number of hydrogen-bond donors (Lipinski definition) is 1. The maximum Gasteiger partial charge on any atom is 0.253 e. The summed E-state index contributed by atoms with van der Waals surface area (Å²) in [4.78, 5) is 26.0. The molecule has 5 nitrogen and oxygen atoms in total. The predicted octanol–water partition coefficient (Wildman–Crippen LogP) is 4.70. The fraction of sp³-hybridized carbons (Fsp3) is 0.407. The summed E-state index contributed by atoms with van der Waals surface area (Å²) in [6.07, 6.45) is 3.01. The van der Waals surface area contributed by atoms with Gasteiger partial charge in [0, 0.05) is 43.7 Å². The van der Waals surface area contributed by atoms with E-state index in [9.17, 15) is 4.79 Å². The zero-order chi connectivity index (χ0) is 22.2. The number of carbonyl (C=O) groups is 1. The van der Waals surface area contributed by atoms with Gasteiger partial charge in [-0.2, -0.15) is 0 Å². The molecule has 5 heteroatoms. The van der Waals surface area contributed by atoms with Gasteiger partial charge in [0.2, 0.25) is 0 Å². The predicted molar refractivity (Wildman–Crippen MR) is 128 cm³/mol. The number of aromatic nitrogens is 2. The Bertz CT molecular complexity index is 1120. The van der Waals surface area contributed by atoms with Crippen molar-refractivity contribution in [2.45, 2.75) is 45.6 Å². The first kappa shape index (κ1) is 21.0. The number of benzene rings is 2. The molecule has 0 saturated carbocycles. The Morgan fingerprint density at radius 1 is 1.03 bits per heavy atom. The molecule has 166 valence electrons. The van der Waals surface area contributed by atoms with E-state index in [0.717, 1.165) is 73.7 Å². The molecule has 0 spiro atoms. The molecular weight excluding hydrogens is 396 g/mol. The number of likely N-dealkylation sites (N-methyl/N-ethyl adjacent to an activating group) is 1. The Balaban J connectivity index is 1.31. The van der Waals surface area contributed by atoms with Crippen molar-refractivity contribution in [1.29, 1.82) is 0 Å². The van der Waals surface area contributed by atoms with Crippen LogP contribution in [0.2, 0.25) is 0 Å². The average Bonchev–Trinajstić information content (AvgIpc) is 3.22. The Morgan fingerprint density at radius 2 is 1.78 bits per heavy atom. The summed E-state index contributed by atoms with van der Waals surface area (Å²) in [6.45, 7) is 7.76. The lowest BCUT2D eigenvalue weighted by Crippen LogP contribution is -2.37. The maximum absolute atomic E-state index is 13.3. The van der Waals surface area contributed by atoms with Gasteiger partial charge in [-0.3, -0.25) is 4.79 Å². The molecule has 2 aromatic carbocycles. The van der Waals surface area contributed by atoms with Crippen molar-refractivity contribution in [1.82, 2.24) is 19.8 Å². The highest BCUT2D eigenvalue weighted by Crippen LogP contribution is 2.30. The van der Waals surface area contributed by atoms with Crippen LogP contribution in [0.15, 0.2) is 42.5 Å². The molecule has 0 radical (unpaired) electrons. The van der Waals surface area contributed by atoms with Crippen LogP contribution in [-0.2, 0) is 13.0 Å². The van der Waals surface area contributed by atoms with Crippen LogP contribution < -0.4 is 0 Å². The summed E-state index contributed by atoms with van der Waals surface area (Å²) >= 11 is 0. The lowest BCUT2D eigenvalue weighted by molar-refractivity contribution is 0.0713. The summed E-state index contributed by atoms with van der Waals surface area (Å²) in [7, 11) is 2.13. The molecule has 1 amide bonds. The summed E-state index contributed by atoms with van der Waals surface area (Å²) < 4.78 is 0. The van der Waals surface area contributed by atoms with Gasteiger partial charge in [-0.25, -0.2) is 4.98 Å². The minimum absolute atomic E-state index is 0.129. The number of fused-ring (bicyclic) bond motifs is 1. The number of H-pyrrole nitrogens is 1. The monoisotopic (exact) mass is 428 g/mol. The third kappa shape index (κ3) is 4.09. The zero-order valence-electron chi connectivity index (χ0n) is 19.3. The number of nitrogens with one attached hydrogen (secondary N) is 1. The highest BCUT2D eigenvalue weighted by atomic mass is 16.2. The molecule has 0 aliphatic carbocycles. The minimum Gasteiger partial charge on any atom is -0.341 e. The molecule has 2 aliphatic rings. The van der Waals surface area contributed by atoms with Crippen molar-refractivity contribution in [3.63, 3.8) is 0 Å². The Hall–Kier alpha value is -2.92. The number of aromatic amines is 1. The van der Waals surface area contributed by atoms with Crippen LogP contribution in [-0.4, -0.2) is 52.4 Å². The molecule has 32 heavy (non-hydrogen) atoms. The first-order valence-electron chi connectivity index (χ1n) is 11.7. The largest absolute Gasteiger partial charge is 0.341 e. The number of carbonyl (C=O) groups excluding carboxylic acids is 1. The highest BCUT2D eigenvalue weighted by molar-refractivity contribution is 5.95. The molecule has 1 aromatic heterocycles. The quantitative estimate of drug-likeness (QED) is 0.658. The third-order valence-corrected chi connectivity index (χ3v) is 7.09. The van der Waals surface area contributed by atoms with Crippen molar-refractivity contribution in [3.8, 4) is 11.4 Å². The van der Waals surface area contributed by atoms with E-state index < -0.39 is 0 Å². The molecule has 0 bridgehead atoms. The lowest BCUT2D eigenvalue weighted by atomic mass is 9.89. The number of nitrogens with zero attached hydrogens (tertiary/aromatic N) is 3. The van der Waals surface area contributed by atoms with Crippen LogP contribution in [0.4, 0.5) is 0 Å². The topological polar surface area (TPSA) is 52.2 Å². The standard InChI is InChI=1S/C27H32N4O/c1-18-4-7-20(8-5-18)21-10-14-31(15-11-21)27(32)22-9-6-19(2)23(16-22)26-28-24-12-13-30(3)17-25(24)29-26/h4-9,16,21H,10-15,17H2,1-3H3,(H,28,29). The van der Waals surface area contributed by atoms with E-state index >= 15 is 0 Å². The van der Waals surface area contributed by atoms with E-state index in [1.807, 2.05) is 17.0 Å². The molecule has 2 aliphatic heterocycles. The first-order chi connectivity index (χ1) is 15.5. The smallest absolute Gasteiger partial charge is 0.253 e. The van der Waals surface area contributed by atoms with Gasteiger partial charge in [-0.15, -0.1) is 0 Å². The van der Waals surface area contributed by atoms with E-state index in [1.165, 1.54) is 16.8 Å². The van der Waals surface area contributed by atoms with E-state index in [1.54, 1.807) is 0 Å². The molecule has 0 atom stereocenters. The normalized spacial score (nSPS) is 17.4. The molecular formula is C27H32N4O. The van der Waals surface area contributed by atoms with Gasteiger partial charge in [0.15, 0.2) is 0 Å². The van der Waals surface area contributed by atoms with Crippen molar-refractivity contribution in [2.75, 3.05) is 26.7 Å². The van der Waals surface area contributed by atoms with E-state index in [0.29, 0.717) is 5.92 Å². The number of amides is 1. The molecule has 1 fully saturated rings. The summed E-state index contributed by atoms with van der Waals surface area (Å²) in [5, 5.41) is 0. The number of aryl methyl sites for hydroxylation is 2. The van der Waals surface area contributed by atoms with Crippen molar-refractivity contribution < 1.29 is 4.79 Å². The minimum atomic E-state index is 0.129. The van der Waals surface area contributed by atoms with Gasteiger partial charge >= 0.3 is 0 Å². The summed E-state index contributed by atoms with van der Waals surface area (Å²) in [5.74, 6) is 1.56. The van der Waals surface area contributed by atoms with Gasteiger partial charge in [-0.05, 0) is 62.9 Å². The second-order valence-corrected chi connectivity index (χ2v) is 9.51. The molecule has 1 saturated heterocycles. The van der Waals surface area contributed by atoms with E-state index in [-0.39, 0.29) is 5.91 Å². The zero-order valence-corrected chi connectivity index (χ0v) is 19.3. The lowest BCUT2D eigenvalue weighted by Gasteiger charge is -2.32. The molecule has 3 aromatic rings. The van der Waals surface area contributed by atoms with Crippen LogP contribution in [0.25, 0.3) is 11.4 Å². The van der Waals surface area contributed by atoms with Crippen LogP contribution >= 0.6 is 0 Å². The van der Waals surface area contributed by atoms with Gasteiger partial charge in [0.05, 0.1) is 11.4 Å². The van der Waals surface area contributed by atoms with E-state index in [4.69, 9.17) is 4.98 Å². The number of imidazole rings is 1. The number of likely N-dealkylation sites (tertiary alicyclic amines) is 1. The average molecular weight is 429 g/mol. The van der Waals surface area contributed by atoms with Crippen LogP contribution in [0, 0.1) is 13.8 Å². The van der Waals surface area contributed by atoms with Gasteiger partial charge in [-0.1, -0.05) is 35.9 Å². The van der Waals surface area contributed by atoms with Crippen LogP contribution in [0.1, 0.15) is 57.2 Å². The second kappa shape index (κ2) is 8.55. The highest BCUT2D eigenvalue weighted by Gasteiger charge is 2.25. The number of piperidine rings is 1. The van der Waals surface area contributed by atoms with Crippen molar-refractivity contribution >= 4 is 5.91 Å². The molecule has 3 heterocycles. The van der Waals surface area contributed by atoms with Crippen LogP contribution in [0.5, 0.6) is 0 Å². The molecule has 5 rings (SSSR count). The van der Waals surface area contributed by atoms with Gasteiger partial charge < -0.3 is 14.8 Å². The summed E-state index contributed by atoms with van der Waals surface area (Å²) in [5.41, 5.74) is 7.97. The Morgan fingerprint density at radius 3 is 2.53 bits per heavy atom. The molecule has 0 unspecified atom stereocenters. The summed E-state index contributed by atoms with van der Waals surface area (Å²) in [6, 6.07) is 14.9. The fourth-order valence-electron chi connectivity index (χ4n) is 5.00. The van der Waals surface area contributed by atoms with Gasteiger partial charge in [0.1, 0.15) is 5.82 Å². The van der Waals surface area contributed by atoms with Crippen molar-refractivity contribution in [3.05, 3.63) is 76.1 Å². The number of hydrogen-bond acceptors (Lipinski definition) is 3. The third-order valence-electron chi connectivity index (χ3n) is 7.09. The number of rotatable bonds is 3. The van der Waals surface area contributed by atoms with Gasteiger partial charge in [0.25, 0.3) is 5.91 Å².